The van der Waals surface area contributed by atoms with Crippen molar-refractivity contribution in [2.75, 3.05) is 26.2 Å². The Balaban J connectivity index is 1.54. The molecule has 1 aliphatic rings. The highest BCUT2D eigenvalue weighted by Crippen LogP contribution is 2.19. The van der Waals surface area contributed by atoms with Crippen LogP contribution in [0.2, 0.25) is 0 Å². The third kappa shape index (κ3) is 3.64. The van der Waals surface area contributed by atoms with E-state index in [2.05, 4.69) is 37.1 Å². The van der Waals surface area contributed by atoms with Gasteiger partial charge in [0.1, 0.15) is 24.6 Å². The molecule has 2 aromatic heterocycles. The Bertz CT molecular complexity index is 538. The largest absolute Gasteiger partial charge is 0.367 e. The normalized spacial score (nSPS) is 20.0. The molecular formula is C13H21N7O. The van der Waals surface area contributed by atoms with E-state index < -0.39 is 0 Å². The van der Waals surface area contributed by atoms with E-state index in [0.717, 1.165) is 50.7 Å². The summed E-state index contributed by atoms with van der Waals surface area (Å²) in [5.74, 6) is 1.71. The topological polar surface area (TPSA) is 84.8 Å². The lowest BCUT2D eigenvalue weighted by atomic mass is 10.2. The van der Waals surface area contributed by atoms with Crippen LogP contribution in [0.1, 0.15) is 31.1 Å². The lowest BCUT2D eigenvalue weighted by molar-refractivity contribution is -0.0352. The number of nitrogens with one attached hydrogen (secondary N) is 1. The van der Waals surface area contributed by atoms with Crippen molar-refractivity contribution in [1.29, 1.82) is 0 Å². The minimum atomic E-state index is -0.0450. The molecule has 8 heteroatoms. The van der Waals surface area contributed by atoms with Crippen molar-refractivity contribution in [1.82, 2.24) is 34.8 Å². The van der Waals surface area contributed by atoms with E-state index in [4.69, 9.17) is 4.74 Å². The number of hydrogen-bond acceptors (Lipinski definition) is 6. The van der Waals surface area contributed by atoms with Crippen LogP contribution in [0.25, 0.3) is 0 Å². The number of H-pyrrole nitrogens is 1. The van der Waals surface area contributed by atoms with Crippen LogP contribution < -0.4 is 0 Å². The molecule has 8 nitrogen and oxygen atoms in total. The summed E-state index contributed by atoms with van der Waals surface area (Å²) in [7, 11) is 0. The number of aryl methyl sites for hydroxylation is 1. The first-order chi connectivity index (χ1) is 10.3. The van der Waals surface area contributed by atoms with E-state index >= 15 is 0 Å². The van der Waals surface area contributed by atoms with Gasteiger partial charge in [-0.3, -0.25) is 14.7 Å². The number of aromatic amines is 1. The van der Waals surface area contributed by atoms with Gasteiger partial charge in [-0.25, -0.2) is 9.97 Å². The predicted octanol–water partition coefficient (Wildman–Crippen LogP) is 0.422. The molecule has 21 heavy (non-hydrogen) atoms. The summed E-state index contributed by atoms with van der Waals surface area (Å²) in [6, 6.07) is 0. The summed E-state index contributed by atoms with van der Waals surface area (Å²) >= 11 is 0. The van der Waals surface area contributed by atoms with Gasteiger partial charge in [-0.1, -0.05) is 6.92 Å². The summed E-state index contributed by atoms with van der Waals surface area (Å²) in [6.07, 6.45) is 5.24. The molecule has 1 N–H and O–H groups in total. The van der Waals surface area contributed by atoms with Gasteiger partial charge in [-0.15, -0.1) is 0 Å². The molecule has 0 amide bonds. The first-order valence-corrected chi connectivity index (χ1v) is 7.42. The zero-order valence-corrected chi connectivity index (χ0v) is 12.3. The minimum absolute atomic E-state index is 0.0450. The Hall–Kier alpha value is -1.80. The number of hydrogen-bond donors (Lipinski definition) is 1. The van der Waals surface area contributed by atoms with Crippen molar-refractivity contribution in [2.45, 2.75) is 32.4 Å². The summed E-state index contributed by atoms with van der Waals surface area (Å²) in [6.45, 7) is 6.34. The monoisotopic (exact) mass is 291 g/mol. The molecular weight excluding hydrogens is 270 g/mol. The maximum atomic E-state index is 5.80. The number of morpholine rings is 1. The molecule has 0 spiro atoms. The number of nitrogens with zero attached hydrogens (tertiary/aromatic N) is 6. The van der Waals surface area contributed by atoms with Gasteiger partial charge < -0.3 is 4.74 Å². The van der Waals surface area contributed by atoms with E-state index in [1.54, 1.807) is 12.7 Å². The van der Waals surface area contributed by atoms with Crippen LogP contribution in [0.5, 0.6) is 0 Å². The predicted molar refractivity (Wildman–Crippen MR) is 75.5 cm³/mol. The third-order valence-electron chi connectivity index (χ3n) is 3.59. The van der Waals surface area contributed by atoms with Gasteiger partial charge in [0.05, 0.1) is 13.2 Å². The zero-order chi connectivity index (χ0) is 14.5. The molecule has 0 radical (unpaired) electrons. The fraction of sp³-hybridized carbons (Fsp3) is 0.692. The average molecular weight is 291 g/mol. The smallest absolute Gasteiger partial charge is 0.180 e. The summed E-state index contributed by atoms with van der Waals surface area (Å²) < 4.78 is 7.65. The Morgan fingerprint density at radius 3 is 3.19 bits per heavy atom. The van der Waals surface area contributed by atoms with Gasteiger partial charge in [-0.05, 0) is 6.42 Å². The molecule has 0 saturated carbocycles. The second-order valence-corrected chi connectivity index (χ2v) is 5.21. The van der Waals surface area contributed by atoms with Gasteiger partial charge in [-0.2, -0.15) is 10.2 Å². The van der Waals surface area contributed by atoms with Crippen molar-refractivity contribution in [2.24, 2.45) is 0 Å². The second-order valence-electron chi connectivity index (χ2n) is 5.21. The van der Waals surface area contributed by atoms with E-state index in [0.29, 0.717) is 6.61 Å². The van der Waals surface area contributed by atoms with Crippen LogP contribution in [-0.4, -0.2) is 61.1 Å². The molecule has 1 fully saturated rings. The van der Waals surface area contributed by atoms with Gasteiger partial charge in [0.2, 0.25) is 0 Å². The fourth-order valence-electron chi connectivity index (χ4n) is 2.46. The molecule has 114 valence electrons. The highest BCUT2D eigenvalue weighted by Gasteiger charge is 2.25. The Morgan fingerprint density at radius 2 is 2.38 bits per heavy atom. The number of ether oxygens (including phenoxy) is 1. The standard InChI is InChI=1S/C13H21N7O/c1-2-3-12-16-13(18-17-12)11-8-19(6-7-21-11)4-5-20-10-14-9-15-20/h9-11H,2-8H2,1H3,(H,16,17,18)/t11-/m0/s1. The quantitative estimate of drug-likeness (QED) is 0.830. The molecule has 3 heterocycles. The Morgan fingerprint density at radius 1 is 1.43 bits per heavy atom. The number of aromatic nitrogens is 6. The first-order valence-electron chi connectivity index (χ1n) is 7.42. The van der Waals surface area contributed by atoms with E-state index in [9.17, 15) is 0 Å². The van der Waals surface area contributed by atoms with Crippen LogP contribution in [0.4, 0.5) is 0 Å². The average Bonchev–Trinajstić information content (AvgIpc) is 3.17. The van der Waals surface area contributed by atoms with E-state index in [1.165, 1.54) is 0 Å². The molecule has 1 atom stereocenters. The third-order valence-corrected chi connectivity index (χ3v) is 3.59. The van der Waals surface area contributed by atoms with Crippen molar-refractivity contribution >= 4 is 0 Å². The molecule has 1 saturated heterocycles. The molecule has 0 aliphatic carbocycles. The molecule has 0 aromatic carbocycles. The Kier molecular flexibility index (Phi) is 4.56. The van der Waals surface area contributed by atoms with Crippen molar-refractivity contribution in [3.8, 4) is 0 Å². The second kappa shape index (κ2) is 6.77. The first kappa shape index (κ1) is 14.2. The molecule has 2 aromatic rings. The van der Waals surface area contributed by atoms with Crippen molar-refractivity contribution < 1.29 is 4.74 Å². The maximum absolute atomic E-state index is 5.80. The minimum Gasteiger partial charge on any atom is -0.367 e. The summed E-state index contributed by atoms with van der Waals surface area (Å²) in [5, 5.41) is 11.4. The van der Waals surface area contributed by atoms with Gasteiger partial charge in [0, 0.05) is 26.1 Å². The lowest BCUT2D eigenvalue weighted by Crippen LogP contribution is -2.40. The summed E-state index contributed by atoms with van der Waals surface area (Å²) in [5.41, 5.74) is 0. The summed E-state index contributed by atoms with van der Waals surface area (Å²) in [4.78, 5) is 10.8. The number of rotatable bonds is 6. The van der Waals surface area contributed by atoms with Gasteiger partial charge >= 0.3 is 0 Å². The SMILES string of the molecule is CCCc1nc([C@@H]2CN(CCn3cncn3)CCO2)n[nH]1. The van der Waals surface area contributed by atoms with Gasteiger partial charge in [0.25, 0.3) is 0 Å². The van der Waals surface area contributed by atoms with Crippen molar-refractivity contribution in [3.63, 3.8) is 0 Å². The van der Waals surface area contributed by atoms with Crippen LogP contribution in [-0.2, 0) is 17.7 Å². The zero-order valence-electron chi connectivity index (χ0n) is 12.3. The van der Waals surface area contributed by atoms with Crippen LogP contribution in [0, 0.1) is 0 Å². The van der Waals surface area contributed by atoms with Crippen LogP contribution >= 0.6 is 0 Å². The Labute approximate surface area is 123 Å². The molecule has 0 unspecified atom stereocenters. The van der Waals surface area contributed by atoms with Gasteiger partial charge in [0.15, 0.2) is 5.82 Å². The lowest BCUT2D eigenvalue weighted by Gasteiger charge is -2.31. The van der Waals surface area contributed by atoms with E-state index in [1.807, 2.05) is 4.68 Å². The van der Waals surface area contributed by atoms with Crippen LogP contribution in [0.15, 0.2) is 12.7 Å². The highest BCUT2D eigenvalue weighted by atomic mass is 16.5. The van der Waals surface area contributed by atoms with Crippen molar-refractivity contribution in [3.05, 3.63) is 24.3 Å². The van der Waals surface area contributed by atoms with E-state index in [-0.39, 0.29) is 6.10 Å². The molecule has 3 rings (SSSR count). The van der Waals surface area contributed by atoms with Crippen LogP contribution in [0.3, 0.4) is 0 Å². The molecule has 0 bridgehead atoms. The fourth-order valence-corrected chi connectivity index (χ4v) is 2.46. The highest BCUT2D eigenvalue weighted by molar-refractivity contribution is 4.96. The maximum Gasteiger partial charge on any atom is 0.180 e. The molecule has 1 aliphatic heterocycles.